The minimum atomic E-state index is -4.22. The first-order chi connectivity index (χ1) is 9.25. The molecule has 0 aromatic heterocycles. The zero-order chi connectivity index (χ0) is 15.3. The van der Waals surface area contributed by atoms with Gasteiger partial charge in [-0.1, -0.05) is 0 Å². The van der Waals surface area contributed by atoms with Crippen molar-refractivity contribution in [1.82, 2.24) is 15.5 Å². The zero-order valence-corrected chi connectivity index (χ0v) is 11.6. The molecule has 0 saturated carbocycles. The molecule has 20 heavy (non-hydrogen) atoms. The van der Waals surface area contributed by atoms with E-state index in [1.54, 1.807) is 7.05 Å². The van der Waals surface area contributed by atoms with Crippen LogP contribution >= 0.6 is 0 Å². The van der Waals surface area contributed by atoms with Crippen molar-refractivity contribution in [3.63, 3.8) is 0 Å². The molecule has 1 saturated heterocycles. The van der Waals surface area contributed by atoms with Crippen molar-refractivity contribution in [3.05, 3.63) is 0 Å². The molecule has 0 radical (unpaired) electrons. The fourth-order valence-electron chi connectivity index (χ4n) is 2.12. The molecule has 1 fully saturated rings. The van der Waals surface area contributed by atoms with Crippen molar-refractivity contribution in [2.45, 2.75) is 31.5 Å². The van der Waals surface area contributed by atoms with Crippen molar-refractivity contribution in [2.24, 2.45) is 5.92 Å². The van der Waals surface area contributed by atoms with Gasteiger partial charge in [0.25, 0.3) is 0 Å². The van der Waals surface area contributed by atoms with Gasteiger partial charge in [-0.05, 0) is 12.8 Å². The Balaban J connectivity index is 2.40. The molecule has 8 heteroatoms. The molecule has 116 valence electrons. The van der Waals surface area contributed by atoms with Gasteiger partial charge in [0.05, 0.1) is 12.0 Å². The van der Waals surface area contributed by atoms with Crippen LogP contribution in [0.2, 0.25) is 0 Å². The molecule has 0 aromatic carbocycles. The Bertz CT molecular complexity index is 352. The average molecular weight is 295 g/mol. The molecule has 1 heterocycles. The van der Waals surface area contributed by atoms with Crippen LogP contribution in [-0.2, 0) is 9.59 Å². The van der Waals surface area contributed by atoms with Crippen LogP contribution in [0.1, 0.15) is 19.3 Å². The molecule has 0 bridgehead atoms. The molecule has 1 rings (SSSR count). The molecule has 1 aliphatic heterocycles. The first-order valence-electron chi connectivity index (χ1n) is 6.51. The van der Waals surface area contributed by atoms with Gasteiger partial charge in [0, 0.05) is 33.6 Å². The Kier molecular flexibility index (Phi) is 5.79. The summed E-state index contributed by atoms with van der Waals surface area (Å²) in [6.07, 6.45) is -3.92. The number of amides is 2. The second-order valence-electron chi connectivity index (χ2n) is 4.96. The number of carbonyl (C=O) groups is 2. The fraction of sp³-hybridized carbons (Fsp3) is 0.833. The second kappa shape index (κ2) is 6.92. The molecular weight excluding hydrogens is 275 g/mol. The van der Waals surface area contributed by atoms with Gasteiger partial charge >= 0.3 is 6.18 Å². The molecule has 0 spiro atoms. The Morgan fingerprint density at radius 3 is 2.45 bits per heavy atom. The van der Waals surface area contributed by atoms with E-state index in [9.17, 15) is 22.8 Å². The largest absolute Gasteiger partial charge is 0.393 e. The van der Waals surface area contributed by atoms with E-state index >= 15 is 0 Å². The Hall–Kier alpha value is -1.31. The number of nitrogens with zero attached hydrogens (tertiary/aromatic N) is 1. The number of piperidine rings is 1. The van der Waals surface area contributed by atoms with E-state index in [2.05, 4.69) is 10.6 Å². The lowest BCUT2D eigenvalue weighted by Gasteiger charge is -2.32. The number of hydrogen-bond donors (Lipinski definition) is 2. The molecule has 2 amide bonds. The molecule has 1 aliphatic rings. The number of halogens is 3. The van der Waals surface area contributed by atoms with Crippen molar-refractivity contribution in [1.29, 1.82) is 0 Å². The van der Waals surface area contributed by atoms with Gasteiger partial charge in [0.15, 0.2) is 0 Å². The number of likely N-dealkylation sites (N-methyl/N-ethyl adjacent to an activating group) is 1. The molecule has 0 aliphatic carbocycles. The Morgan fingerprint density at radius 1 is 1.35 bits per heavy atom. The summed E-state index contributed by atoms with van der Waals surface area (Å²) in [5, 5.41) is 5.09. The summed E-state index contributed by atoms with van der Waals surface area (Å²) >= 11 is 0. The summed E-state index contributed by atoms with van der Waals surface area (Å²) in [6, 6.07) is -0.594. The smallest absolute Gasteiger partial charge is 0.359 e. The lowest BCUT2D eigenvalue weighted by molar-refractivity contribution is -0.180. The summed E-state index contributed by atoms with van der Waals surface area (Å²) in [6.45, 7) is 0.0164. The highest BCUT2D eigenvalue weighted by molar-refractivity contribution is 5.82. The van der Waals surface area contributed by atoms with E-state index in [-0.39, 0.29) is 44.2 Å². The van der Waals surface area contributed by atoms with Gasteiger partial charge in [-0.3, -0.25) is 9.59 Å². The lowest BCUT2D eigenvalue weighted by Crippen LogP contribution is -2.52. The third-order valence-corrected chi connectivity index (χ3v) is 3.50. The van der Waals surface area contributed by atoms with Gasteiger partial charge in [0.2, 0.25) is 11.8 Å². The van der Waals surface area contributed by atoms with Crippen LogP contribution < -0.4 is 10.6 Å². The molecule has 2 atom stereocenters. The highest BCUT2D eigenvalue weighted by atomic mass is 19.4. The van der Waals surface area contributed by atoms with E-state index in [0.29, 0.717) is 0 Å². The maximum absolute atomic E-state index is 12.5. The van der Waals surface area contributed by atoms with E-state index < -0.39 is 18.1 Å². The van der Waals surface area contributed by atoms with Gasteiger partial charge in [0.1, 0.15) is 0 Å². The molecule has 5 nitrogen and oxygen atoms in total. The predicted octanol–water partition coefficient (Wildman–Crippen LogP) is 0.511. The van der Waals surface area contributed by atoms with Crippen LogP contribution in [0.4, 0.5) is 13.2 Å². The monoisotopic (exact) mass is 295 g/mol. The normalized spacial score (nSPS) is 23.2. The first kappa shape index (κ1) is 16.7. The maximum Gasteiger partial charge on any atom is 0.393 e. The van der Waals surface area contributed by atoms with Crippen molar-refractivity contribution in [2.75, 3.05) is 27.2 Å². The van der Waals surface area contributed by atoms with Crippen LogP contribution in [0.3, 0.4) is 0 Å². The van der Waals surface area contributed by atoms with Crippen molar-refractivity contribution in [3.8, 4) is 0 Å². The highest BCUT2D eigenvalue weighted by Gasteiger charge is 2.42. The Morgan fingerprint density at radius 2 is 2.00 bits per heavy atom. The van der Waals surface area contributed by atoms with Crippen molar-refractivity contribution < 1.29 is 22.8 Å². The summed E-state index contributed by atoms with van der Waals surface area (Å²) in [5.41, 5.74) is 0. The topological polar surface area (TPSA) is 61.4 Å². The van der Waals surface area contributed by atoms with Gasteiger partial charge in [-0.25, -0.2) is 0 Å². The standard InChI is InChI=1S/C12H20F3N3O2/c1-16-10(19)5-6-18(2)11(20)9-4-3-8(7-17-9)12(13,14)15/h8-9,17H,3-7H2,1-2H3,(H,16,19). The summed E-state index contributed by atoms with van der Waals surface area (Å²) in [4.78, 5) is 24.5. The van der Waals surface area contributed by atoms with Crippen LogP contribution in [0.25, 0.3) is 0 Å². The molecule has 2 N–H and O–H groups in total. The zero-order valence-electron chi connectivity index (χ0n) is 11.6. The maximum atomic E-state index is 12.5. The van der Waals surface area contributed by atoms with E-state index in [1.807, 2.05) is 0 Å². The van der Waals surface area contributed by atoms with E-state index in [4.69, 9.17) is 0 Å². The number of nitrogens with one attached hydrogen (secondary N) is 2. The second-order valence-corrected chi connectivity index (χ2v) is 4.96. The molecule has 0 aromatic rings. The third-order valence-electron chi connectivity index (χ3n) is 3.50. The van der Waals surface area contributed by atoms with Crippen LogP contribution in [0, 0.1) is 5.92 Å². The van der Waals surface area contributed by atoms with Crippen LogP contribution in [0.15, 0.2) is 0 Å². The van der Waals surface area contributed by atoms with Crippen molar-refractivity contribution >= 4 is 11.8 Å². The number of rotatable bonds is 4. The Labute approximate surface area is 115 Å². The first-order valence-corrected chi connectivity index (χ1v) is 6.51. The highest BCUT2D eigenvalue weighted by Crippen LogP contribution is 2.32. The quantitative estimate of drug-likeness (QED) is 0.794. The van der Waals surface area contributed by atoms with Crippen LogP contribution in [0.5, 0.6) is 0 Å². The van der Waals surface area contributed by atoms with Gasteiger partial charge in [-0.15, -0.1) is 0 Å². The predicted molar refractivity (Wildman–Crippen MR) is 66.9 cm³/mol. The van der Waals surface area contributed by atoms with E-state index in [1.165, 1.54) is 11.9 Å². The fourth-order valence-corrected chi connectivity index (χ4v) is 2.12. The van der Waals surface area contributed by atoms with Gasteiger partial charge < -0.3 is 15.5 Å². The summed E-state index contributed by atoms with van der Waals surface area (Å²) < 4.78 is 37.5. The lowest BCUT2D eigenvalue weighted by atomic mass is 9.93. The summed E-state index contributed by atoms with van der Waals surface area (Å²) in [5.74, 6) is -1.84. The third kappa shape index (κ3) is 4.66. The minimum Gasteiger partial charge on any atom is -0.359 e. The number of hydrogen-bond acceptors (Lipinski definition) is 3. The SMILES string of the molecule is CNC(=O)CCN(C)C(=O)C1CCC(C(F)(F)F)CN1. The molecular formula is C12H20F3N3O2. The van der Waals surface area contributed by atoms with Crippen LogP contribution in [-0.4, -0.2) is 56.1 Å². The van der Waals surface area contributed by atoms with Gasteiger partial charge in [-0.2, -0.15) is 13.2 Å². The number of alkyl halides is 3. The summed E-state index contributed by atoms with van der Waals surface area (Å²) in [7, 11) is 3.05. The van der Waals surface area contributed by atoms with E-state index in [0.717, 1.165) is 0 Å². The minimum absolute atomic E-state index is 0.0454. The number of carbonyl (C=O) groups excluding carboxylic acids is 2. The average Bonchev–Trinajstić information content (AvgIpc) is 2.42. The molecule has 2 unspecified atom stereocenters.